The Bertz CT molecular complexity index is 1080. The molecule has 0 radical (unpaired) electrons. The van der Waals surface area contributed by atoms with Crippen molar-refractivity contribution in [3.05, 3.63) is 62.5 Å². The number of hydrogen-bond acceptors (Lipinski definition) is 9. The molecule has 29 heavy (non-hydrogen) atoms. The summed E-state index contributed by atoms with van der Waals surface area (Å²) >= 11 is 6.20. The van der Waals surface area contributed by atoms with Crippen LogP contribution in [-0.4, -0.2) is 43.7 Å². The van der Waals surface area contributed by atoms with Crippen LogP contribution in [0.4, 0.5) is 5.69 Å². The van der Waals surface area contributed by atoms with Crippen molar-refractivity contribution in [2.24, 2.45) is 5.10 Å². The number of benzene rings is 2. The van der Waals surface area contributed by atoms with Crippen LogP contribution in [0, 0.1) is 10.1 Å². The number of non-ortho nitro benzene ring substituents is 1. The lowest BCUT2D eigenvalue weighted by atomic mass is 10.2. The van der Waals surface area contributed by atoms with Gasteiger partial charge in [0, 0.05) is 17.7 Å². The van der Waals surface area contributed by atoms with Gasteiger partial charge in [0.05, 0.1) is 23.2 Å². The summed E-state index contributed by atoms with van der Waals surface area (Å²) in [5, 5.41) is 35.3. The topological polar surface area (TPSA) is 126 Å². The van der Waals surface area contributed by atoms with Gasteiger partial charge in [-0.3, -0.25) is 14.9 Å². The van der Waals surface area contributed by atoms with E-state index in [1.54, 1.807) is 18.2 Å². The minimum Gasteiger partial charge on any atom is -0.507 e. The Morgan fingerprint density at radius 2 is 1.97 bits per heavy atom. The van der Waals surface area contributed by atoms with Crippen molar-refractivity contribution < 1.29 is 24.7 Å². The quantitative estimate of drug-likeness (QED) is 0.243. The maximum Gasteiger partial charge on any atom is 0.286 e. The van der Waals surface area contributed by atoms with Crippen molar-refractivity contribution in [1.82, 2.24) is 5.01 Å². The van der Waals surface area contributed by atoms with Gasteiger partial charge in [-0.15, -0.1) is 0 Å². The van der Waals surface area contributed by atoms with Gasteiger partial charge < -0.3 is 14.9 Å². The van der Waals surface area contributed by atoms with Gasteiger partial charge in [0.25, 0.3) is 11.6 Å². The number of ether oxygens (including phenoxy) is 1. The Morgan fingerprint density at radius 3 is 2.66 bits per heavy atom. The van der Waals surface area contributed by atoms with Crippen molar-refractivity contribution in [3.63, 3.8) is 0 Å². The zero-order chi connectivity index (χ0) is 21.1. The highest BCUT2D eigenvalue weighted by Crippen LogP contribution is 2.34. The molecule has 0 atom stereocenters. The first-order valence-electron chi connectivity index (χ1n) is 7.96. The molecule has 1 heterocycles. The fourth-order valence-corrected chi connectivity index (χ4v) is 3.55. The maximum atomic E-state index is 12.6. The molecule has 9 nitrogen and oxygen atoms in total. The number of nitro groups is 1. The lowest BCUT2D eigenvalue weighted by Crippen LogP contribution is -2.22. The molecule has 1 aliphatic heterocycles. The second-order valence-corrected chi connectivity index (χ2v) is 7.35. The average molecular weight is 431 g/mol. The fourth-order valence-electron chi connectivity index (χ4n) is 2.37. The molecule has 2 N–H and O–H groups in total. The van der Waals surface area contributed by atoms with Crippen molar-refractivity contribution in [3.8, 4) is 17.2 Å². The summed E-state index contributed by atoms with van der Waals surface area (Å²) in [5.41, 5.74) is 0.455. The number of hydrazone groups is 1. The SMILES string of the molecule is COc1cc(/C=C2/SC(=S)N(/N=C/c3cc([N+](=O)[O-])ccc3O)C2=O)ccc1O. The Morgan fingerprint density at radius 1 is 1.24 bits per heavy atom. The van der Waals surface area contributed by atoms with Crippen LogP contribution >= 0.6 is 24.0 Å². The van der Waals surface area contributed by atoms with E-state index in [4.69, 9.17) is 17.0 Å². The molecular weight excluding hydrogens is 418 g/mol. The van der Waals surface area contributed by atoms with E-state index in [2.05, 4.69) is 5.10 Å². The highest BCUT2D eigenvalue weighted by Gasteiger charge is 2.32. The number of aromatic hydroxyl groups is 2. The van der Waals surface area contributed by atoms with Crippen LogP contribution in [0.3, 0.4) is 0 Å². The second-order valence-electron chi connectivity index (χ2n) is 5.67. The van der Waals surface area contributed by atoms with Gasteiger partial charge in [-0.05, 0) is 42.1 Å². The highest BCUT2D eigenvalue weighted by atomic mass is 32.2. The van der Waals surface area contributed by atoms with Crippen LogP contribution in [0.5, 0.6) is 17.2 Å². The Hall–Kier alpha value is -3.44. The van der Waals surface area contributed by atoms with Gasteiger partial charge in [-0.2, -0.15) is 10.1 Å². The molecule has 1 aliphatic rings. The summed E-state index contributed by atoms with van der Waals surface area (Å²) in [4.78, 5) is 23.2. The summed E-state index contributed by atoms with van der Waals surface area (Å²) in [6, 6.07) is 8.06. The molecule has 0 aliphatic carbocycles. The third kappa shape index (κ3) is 4.36. The van der Waals surface area contributed by atoms with Crippen LogP contribution < -0.4 is 4.74 Å². The number of carbonyl (C=O) groups excluding carboxylic acids is 1. The maximum absolute atomic E-state index is 12.6. The first-order valence-corrected chi connectivity index (χ1v) is 9.19. The molecule has 0 bridgehead atoms. The van der Waals surface area contributed by atoms with E-state index in [1.807, 2.05) is 0 Å². The molecular formula is C18H13N3O6S2. The van der Waals surface area contributed by atoms with Crippen LogP contribution in [0.2, 0.25) is 0 Å². The summed E-state index contributed by atoms with van der Waals surface area (Å²) in [6.45, 7) is 0. The van der Waals surface area contributed by atoms with E-state index in [0.717, 1.165) is 35.1 Å². The molecule has 0 saturated carbocycles. The van der Waals surface area contributed by atoms with Crippen molar-refractivity contribution in [2.45, 2.75) is 0 Å². The Labute approximate surface area is 174 Å². The predicted molar refractivity (Wildman–Crippen MR) is 112 cm³/mol. The molecule has 11 heteroatoms. The van der Waals surface area contributed by atoms with Crippen molar-refractivity contribution >= 4 is 52.2 Å². The third-order valence-electron chi connectivity index (χ3n) is 3.81. The predicted octanol–water partition coefficient (Wildman–Crippen LogP) is 3.25. The highest BCUT2D eigenvalue weighted by molar-refractivity contribution is 8.26. The number of methoxy groups -OCH3 is 1. The first-order chi connectivity index (χ1) is 13.8. The van der Waals surface area contributed by atoms with E-state index >= 15 is 0 Å². The Balaban J connectivity index is 1.85. The Kier molecular flexibility index (Phi) is 5.80. The van der Waals surface area contributed by atoms with E-state index in [1.165, 1.54) is 19.2 Å². The normalized spacial score (nSPS) is 15.5. The molecule has 0 aromatic heterocycles. The van der Waals surface area contributed by atoms with Gasteiger partial charge in [0.1, 0.15) is 5.75 Å². The number of rotatable bonds is 5. The molecule has 2 aromatic carbocycles. The van der Waals surface area contributed by atoms with Gasteiger partial charge in [-0.1, -0.05) is 17.8 Å². The number of thioether (sulfide) groups is 1. The number of thiocarbonyl (C=S) groups is 1. The minimum absolute atomic E-state index is 0.0291. The number of phenols is 2. The van der Waals surface area contributed by atoms with E-state index in [0.29, 0.717) is 10.5 Å². The summed E-state index contributed by atoms with van der Waals surface area (Å²) in [6.07, 6.45) is 2.70. The van der Waals surface area contributed by atoms with Crippen LogP contribution in [0.1, 0.15) is 11.1 Å². The molecule has 1 amide bonds. The minimum atomic E-state index is -0.606. The van der Waals surface area contributed by atoms with Gasteiger partial charge in [0.2, 0.25) is 0 Å². The van der Waals surface area contributed by atoms with Crippen LogP contribution in [0.15, 0.2) is 46.4 Å². The third-order valence-corrected chi connectivity index (χ3v) is 5.09. The van der Waals surface area contributed by atoms with Gasteiger partial charge >= 0.3 is 0 Å². The molecule has 0 spiro atoms. The number of phenolic OH excluding ortho intramolecular Hbond substituents is 2. The monoisotopic (exact) mass is 431 g/mol. The average Bonchev–Trinajstić information content (AvgIpc) is 2.95. The standard InChI is InChI=1S/C18H13N3O6S2/c1-27-15-6-10(2-4-14(15)23)7-16-17(24)20(18(28)29-16)19-9-11-8-12(21(25)26)3-5-13(11)22/h2-9,22-23H,1H3/b16-7+,19-9+. The van der Waals surface area contributed by atoms with Crippen LogP contribution in [0.25, 0.3) is 6.08 Å². The van der Waals surface area contributed by atoms with Crippen LogP contribution in [-0.2, 0) is 4.79 Å². The largest absolute Gasteiger partial charge is 0.507 e. The zero-order valence-electron chi connectivity index (χ0n) is 14.8. The van der Waals surface area contributed by atoms with Gasteiger partial charge in [-0.25, -0.2) is 0 Å². The summed E-state index contributed by atoms with van der Waals surface area (Å²) < 4.78 is 5.20. The number of hydrogen-bond donors (Lipinski definition) is 2. The lowest BCUT2D eigenvalue weighted by molar-refractivity contribution is -0.384. The smallest absolute Gasteiger partial charge is 0.286 e. The fraction of sp³-hybridized carbons (Fsp3) is 0.0556. The molecule has 1 saturated heterocycles. The lowest BCUT2D eigenvalue weighted by Gasteiger charge is -2.07. The molecule has 2 aromatic rings. The van der Waals surface area contributed by atoms with E-state index in [-0.39, 0.29) is 32.8 Å². The number of carbonyl (C=O) groups is 1. The van der Waals surface area contributed by atoms with E-state index < -0.39 is 10.8 Å². The second kappa shape index (κ2) is 8.29. The van der Waals surface area contributed by atoms with Gasteiger partial charge in [0.15, 0.2) is 15.8 Å². The molecule has 148 valence electrons. The van der Waals surface area contributed by atoms with Crippen molar-refractivity contribution in [2.75, 3.05) is 7.11 Å². The summed E-state index contributed by atoms with van der Waals surface area (Å²) in [7, 11) is 1.41. The number of amides is 1. The number of nitro benzene ring substituents is 1. The molecule has 3 rings (SSSR count). The molecule has 0 unspecified atom stereocenters. The number of nitrogens with zero attached hydrogens (tertiary/aromatic N) is 3. The molecule has 1 fully saturated rings. The zero-order valence-corrected chi connectivity index (χ0v) is 16.4. The first kappa shape index (κ1) is 20.3. The van der Waals surface area contributed by atoms with E-state index in [9.17, 15) is 25.1 Å². The van der Waals surface area contributed by atoms with Crippen molar-refractivity contribution in [1.29, 1.82) is 0 Å². The summed E-state index contributed by atoms with van der Waals surface area (Å²) in [5.74, 6) is -0.489.